The lowest BCUT2D eigenvalue weighted by atomic mass is 9.84. The Balaban J connectivity index is 1.49. The van der Waals surface area contributed by atoms with E-state index in [4.69, 9.17) is 0 Å². The van der Waals surface area contributed by atoms with Crippen molar-refractivity contribution < 1.29 is 0 Å². The monoisotopic (exact) mass is 630 g/mol. The molecular formula is C48H26N2. The van der Waals surface area contributed by atoms with Gasteiger partial charge < -0.3 is 9.13 Å². The predicted octanol–water partition coefficient (Wildman–Crippen LogP) is 13.1. The molecule has 0 aliphatic carbocycles. The van der Waals surface area contributed by atoms with E-state index in [0.717, 1.165) is 0 Å². The zero-order valence-corrected chi connectivity index (χ0v) is 26.9. The second-order valence-electron chi connectivity index (χ2n) is 14.0. The van der Waals surface area contributed by atoms with Gasteiger partial charge in [0.2, 0.25) is 0 Å². The molecule has 2 nitrogen and oxygen atoms in total. The lowest BCUT2D eigenvalue weighted by molar-refractivity contribution is 1.18. The van der Waals surface area contributed by atoms with Gasteiger partial charge >= 0.3 is 0 Å². The van der Waals surface area contributed by atoms with E-state index in [-0.39, 0.29) is 0 Å². The first-order valence-electron chi connectivity index (χ1n) is 17.5. The predicted molar refractivity (Wildman–Crippen MR) is 214 cm³/mol. The number of hydrogen-bond donors (Lipinski definition) is 0. The molecule has 11 aromatic carbocycles. The van der Waals surface area contributed by atoms with Gasteiger partial charge in [0.05, 0.1) is 22.1 Å². The number of para-hydroxylation sites is 2. The fourth-order valence-electron chi connectivity index (χ4n) is 9.94. The summed E-state index contributed by atoms with van der Waals surface area (Å²) in [5, 5.41) is 21.3. The van der Waals surface area contributed by atoms with Crippen LogP contribution in [-0.2, 0) is 0 Å². The zero-order chi connectivity index (χ0) is 32.2. The molecule has 228 valence electrons. The number of benzene rings is 10. The van der Waals surface area contributed by atoms with Gasteiger partial charge in [-0.3, -0.25) is 0 Å². The highest BCUT2D eigenvalue weighted by molar-refractivity contribution is 6.50. The summed E-state index contributed by atoms with van der Waals surface area (Å²) >= 11 is 0. The molecule has 0 saturated carbocycles. The van der Waals surface area contributed by atoms with Crippen molar-refractivity contribution in [1.82, 2.24) is 9.13 Å². The van der Waals surface area contributed by atoms with Crippen LogP contribution in [0.5, 0.6) is 0 Å². The van der Waals surface area contributed by atoms with Crippen molar-refractivity contribution >= 4 is 108 Å². The van der Waals surface area contributed by atoms with Crippen molar-refractivity contribution in [2.24, 2.45) is 0 Å². The standard InChI is InChI=1S/C48H26N2/c1-3-11-27(12-4-1)49-37-23-19-33-29-15-7-9-17-31(29)35-21-25-39-47-43(35)41(33)45(37)46-38(49)24-20-34-30-16-8-10-18-32(30)36-22-26-40(48(47)44(36)42(34)46)50(39)28-13-5-2-6-14-28/h1-26H. The van der Waals surface area contributed by atoms with Crippen LogP contribution in [0.25, 0.3) is 120 Å². The molecule has 0 spiro atoms. The van der Waals surface area contributed by atoms with E-state index in [1.54, 1.807) is 0 Å². The maximum Gasteiger partial charge on any atom is 0.0548 e. The van der Waals surface area contributed by atoms with Gasteiger partial charge in [0.25, 0.3) is 0 Å². The molecule has 50 heavy (non-hydrogen) atoms. The minimum Gasteiger partial charge on any atom is -0.309 e. The summed E-state index contributed by atoms with van der Waals surface area (Å²) < 4.78 is 5.01. The smallest absolute Gasteiger partial charge is 0.0548 e. The molecule has 0 saturated heterocycles. The van der Waals surface area contributed by atoms with Gasteiger partial charge in [-0.1, -0.05) is 109 Å². The minimum atomic E-state index is 1.19. The van der Waals surface area contributed by atoms with Crippen molar-refractivity contribution in [2.75, 3.05) is 0 Å². The Morgan fingerprint density at radius 2 is 0.460 bits per heavy atom. The third-order valence-corrected chi connectivity index (χ3v) is 11.7. The van der Waals surface area contributed by atoms with Crippen molar-refractivity contribution in [2.45, 2.75) is 0 Å². The molecule has 2 heteroatoms. The molecule has 2 aromatic heterocycles. The van der Waals surface area contributed by atoms with E-state index in [9.17, 15) is 0 Å². The summed E-state index contributed by atoms with van der Waals surface area (Å²) in [5.41, 5.74) is 7.37. The van der Waals surface area contributed by atoms with E-state index in [1.807, 2.05) is 0 Å². The lowest BCUT2D eigenvalue weighted by Crippen LogP contribution is -1.94. The molecule has 0 aliphatic heterocycles. The first-order chi connectivity index (χ1) is 24.9. The Bertz CT molecular complexity index is 3080. The largest absolute Gasteiger partial charge is 0.309 e. The summed E-state index contributed by atoms with van der Waals surface area (Å²) in [6.45, 7) is 0. The van der Waals surface area contributed by atoms with Gasteiger partial charge in [-0.05, 0) is 91.6 Å². The fraction of sp³-hybridized carbons (Fsp3) is 0. The third kappa shape index (κ3) is 2.79. The fourth-order valence-corrected chi connectivity index (χ4v) is 9.94. The summed E-state index contributed by atoms with van der Waals surface area (Å²) in [5.74, 6) is 0. The van der Waals surface area contributed by atoms with Crippen LogP contribution in [0.4, 0.5) is 0 Å². The van der Waals surface area contributed by atoms with Gasteiger partial charge in [0.1, 0.15) is 0 Å². The van der Waals surface area contributed by atoms with Crippen LogP contribution < -0.4 is 0 Å². The number of fused-ring (bicyclic) bond motifs is 6. The van der Waals surface area contributed by atoms with Crippen molar-refractivity contribution in [3.05, 3.63) is 158 Å². The Hall–Kier alpha value is -6.64. The van der Waals surface area contributed by atoms with E-state index >= 15 is 0 Å². The molecule has 0 atom stereocenters. The van der Waals surface area contributed by atoms with Crippen molar-refractivity contribution in [1.29, 1.82) is 0 Å². The minimum absolute atomic E-state index is 1.19. The SMILES string of the molecule is c1ccc(-n2c3ccc4c5ccccc5c5ccc6c7c5c4c3c3c4c(ccc32)c2ccccc2c2ccc(c7c24)n6-c2ccccc2)cc1. The normalized spacial score (nSPS) is 12.8. The second kappa shape index (κ2) is 8.68. The van der Waals surface area contributed by atoms with E-state index < -0.39 is 0 Å². The quantitative estimate of drug-likeness (QED) is 0.168. The lowest BCUT2D eigenvalue weighted by Gasteiger charge is -2.17. The number of hydrogen-bond acceptors (Lipinski definition) is 0. The van der Waals surface area contributed by atoms with Gasteiger partial charge in [0, 0.05) is 54.5 Å². The molecule has 0 N–H and O–H groups in total. The van der Waals surface area contributed by atoms with Crippen LogP contribution in [0.3, 0.4) is 0 Å². The Labute approximate surface area is 285 Å². The molecule has 13 rings (SSSR count). The van der Waals surface area contributed by atoms with Crippen LogP contribution in [0, 0.1) is 0 Å². The van der Waals surface area contributed by atoms with Crippen LogP contribution >= 0.6 is 0 Å². The van der Waals surface area contributed by atoms with Crippen LogP contribution in [0.1, 0.15) is 0 Å². The molecule has 0 aliphatic rings. The van der Waals surface area contributed by atoms with Crippen molar-refractivity contribution in [3.8, 4) is 11.4 Å². The molecule has 13 aromatic rings. The number of rotatable bonds is 2. The molecule has 2 heterocycles. The summed E-state index contributed by atoms with van der Waals surface area (Å²) in [6.07, 6.45) is 0. The van der Waals surface area contributed by atoms with E-state index in [0.29, 0.717) is 0 Å². The third-order valence-electron chi connectivity index (χ3n) is 11.7. The highest BCUT2D eigenvalue weighted by Crippen LogP contribution is 2.54. The van der Waals surface area contributed by atoms with E-state index in [2.05, 4.69) is 167 Å². The first-order valence-corrected chi connectivity index (χ1v) is 17.5. The average Bonchev–Trinajstić information content (AvgIpc) is 3.71. The first kappa shape index (κ1) is 25.4. The Kier molecular flexibility index (Phi) is 4.41. The maximum absolute atomic E-state index is 2.51. The average molecular weight is 631 g/mol. The molecule has 0 amide bonds. The van der Waals surface area contributed by atoms with Gasteiger partial charge in [0.15, 0.2) is 0 Å². The number of nitrogens with zero attached hydrogens (tertiary/aromatic N) is 2. The second-order valence-corrected chi connectivity index (χ2v) is 14.0. The van der Waals surface area contributed by atoms with Crippen molar-refractivity contribution in [3.63, 3.8) is 0 Å². The number of aromatic nitrogens is 2. The summed E-state index contributed by atoms with van der Waals surface area (Å²) in [7, 11) is 0. The Morgan fingerprint density at radius 1 is 0.200 bits per heavy atom. The van der Waals surface area contributed by atoms with E-state index in [1.165, 1.54) is 120 Å². The highest BCUT2D eigenvalue weighted by Gasteiger charge is 2.28. The molecule has 0 unspecified atom stereocenters. The molecular weight excluding hydrogens is 605 g/mol. The van der Waals surface area contributed by atoms with Crippen LogP contribution in [-0.4, -0.2) is 9.13 Å². The zero-order valence-electron chi connectivity index (χ0n) is 26.9. The topological polar surface area (TPSA) is 9.86 Å². The van der Waals surface area contributed by atoms with Crippen LogP contribution in [0.15, 0.2) is 158 Å². The maximum atomic E-state index is 2.51. The van der Waals surface area contributed by atoms with Crippen LogP contribution in [0.2, 0.25) is 0 Å². The molecule has 0 bridgehead atoms. The Morgan fingerprint density at radius 3 is 0.740 bits per heavy atom. The van der Waals surface area contributed by atoms with Gasteiger partial charge in [-0.25, -0.2) is 0 Å². The summed E-state index contributed by atoms with van der Waals surface area (Å²) in [4.78, 5) is 0. The summed E-state index contributed by atoms with van der Waals surface area (Å²) in [6, 6.07) is 59.0. The molecule has 0 fully saturated rings. The van der Waals surface area contributed by atoms with Gasteiger partial charge in [-0.15, -0.1) is 0 Å². The van der Waals surface area contributed by atoms with Gasteiger partial charge in [-0.2, -0.15) is 0 Å². The highest BCUT2D eigenvalue weighted by atomic mass is 15.0. The molecule has 0 radical (unpaired) electrons.